The zero-order chi connectivity index (χ0) is 22.7. The molecule has 1 aliphatic rings. The van der Waals surface area contributed by atoms with Crippen LogP contribution >= 0.6 is 0 Å². The number of sulfonamides is 1. The van der Waals surface area contributed by atoms with Crippen molar-refractivity contribution in [3.8, 4) is 11.4 Å². The number of imidazole rings is 1. The lowest BCUT2D eigenvalue weighted by Gasteiger charge is -2.17. The summed E-state index contributed by atoms with van der Waals surface area (Å²) in [4.78, 5) is 17.2. The maximum atomic E-state index is 12.9. The van der Waals surface area contributed by atoms with Crippen molar-refractivity contribution in [2.45, 2.75) is 31.2 Å². The lowest BCUT2D eigenvalue weighted by molar-refractivity contribution is 0.0947. The largest absolute Gasteiger partial charge is 0.496 e. The summed E-state index contributed by atoms with van der Waals surface area (Å²) >= 11 is 0. The molecule has 1 saturated heterocycles. The average molecular weight is 455 g/mol. The molecule has 0 atom stereocenters. The van der Waals surface area contributed by atoms with Gasteiger partial charge in [-0.15, -0.1) is 0 Å². The minimum absolute atomic E-state index is 0.102. The maximum absolute atomic E-state index is 12.9. The van der Waals surface area contributed by atoms with Gasteiger partial charge in [0, 0.05) is 37.7 Å². The molecule has 3 aromatic rings. The number of rotatable bonds is 7. The Morgan fingerprint density at radius 3 is 2.47 bits per heavy atom. The van der Waals surface area contributed by atoms with Crippen LogP contribution in [-0.2, 0) is 16.6 Å². The van der Waals surface area contributed by atoms with E-state index in [9.17, 15) is 13.2 Å². The fraction of sp³-hybridized carbons (Fsp3) is 0.304. The lowest BCUT2D eigenvalue weighted by atomic mass is 10.1. The molecule has 1 aliphatic heterocycles. The van der Waals surface area contributed by atoms with Gasteiger partial charge in [-0.2, -0.15) is 4.31 Å². The number of hydrogen-bond donors (Lipinski definition) is 1. The first-order chi connectivity index (χ1) is 15.4. The zero-order valence-electron chi connectivity index (χ0n) is 18.1. The minimum atomic E-state index is -3.63. The van der Waals surface area contributed by atoms with Crippen molar-refractivity contribution in [1.82, 2.24) is 19.2 Å². The summed E-state index contributed by atoms with van der Waals surface area (Å²) in [7, 11) is -2.17. The highest BCUT2D eigenvalue weighted by atomic mass is 32.2. The Balaban J connectivity index is 1.49. The van der Waals surface area contributed by atoms with E-state index in [2.05, 4.69) is 10.3 Å². The highest BCUT2D eigenvalue weighted by Crippen LogP contribution is 2.26. The number of carbonyl (C=O) groups excluding carboxylic acids is 1. The van der Waals surface area contributed by atoms with Gasteiger partial charge in [-0.3, -0.25) is 4.79 Å². The monoisotopic (exact) mass is 454 g/mol. The Morgan fingerprint density at radius 2 is 1.84 bits per heavy atom. The van der Waals surface area contributed by atoms with Gasteiger partial charge < -0.3 is 14.6 Å². The molecule has 1 aromatic heterocycles. The normalized spacial score (nSPS) is 14.4. The minimum Gasteiger partial charge on any atom is -0.496 e. The van der Waals surface area contributed by atoms with Crippen molar-refractivity contribution in [2.24, 2.45) is 0 Å². The van der Waals surface area contributed by atoms with Gasteiger partial charge in [0.15, 0.2) is 0 Å². The van der Waals surface area contributed by atoms with E-state index in [0.29, 0.717) is 25.4 Å². The summed E-state index contributed by atoms with van der Waals surface area (Å²) in [5.74, 6) is 0.825. The Hall–Kier alpha value is -3.17. The molecule has 0 spiro atoms. The van der Waals surface area contributed by atoms with Gasteiger partial charge >= 0.3 is 0 Å². The zero-order valence-corrected chi connectivity index (χ0v) is 18.9. The molecular formula is C23H26N4O4S. The third-order valence-corrected chi connectivity index (χ3v) is 7.51. The van der Waals surface area contributed by atoms with Crippen LogP contribution in [0.15, 0.2) is 59.8 Å². The molecule has 2 heterocycles. The number of nitrogens with zero attached hydrogens (tertiary/aromatic N) is 3. The Bertz CT molecular complexity index is 1210. The molecular weight excluding hydrogens is 428 g/mol. The number of aromatic nitrogens is 2. The Labute approximate surface area is 187 Å². The number of carbonyl (C=O) groups is 1. The van der Waals surface area contributed by atoms with E-state index in [1.54, 1.807) is 6.20 Å². The molecule has 0 radical (unpaired) electrons. The van der Waals surface area contributed by atoms with E-state index in [0.717, 1.165) is 29.9 Å². The molecule has 0 aliphatic carbocycles. The van der Waals surface area contributed by atoms with Crippen LogP contribution in [-0.4, -0.2) is 48.4 Å². The summed E-state index contributed by atoms with van der Waals surface area (Å²) in [5, 5.41) is 2.86. The van der Waals surface area contributed by atoms with E-state index in [4.69, 9.17) is 4.74 Å². The summed E-state index contributed by atoms with van der Waals surface area (Å²) in [6.45, 7) is 3.24. The van der Waals surface area contributed by atoms with Crippen molar-refractivity contribution >= 4 is 15.9 Å². The molecule has 32 heavy (non-hydrogen) atoms. The van der Waals surface area contributed by atoms with Crippen LogP contribution in [0.2, 0.25) is 0 Å². The van der Waals surface area contributed by atoms with Gasteiger partial charge in [-0.1, -0.05) is 12.1 Å². The van der Waals surface area contributed by atoms with E-state index >= 15 is 0 Å². The van der Waals surface area contributed by atoms with Crippen LogP contribution in [0.1, 0.15) is 34.6 Å². The Morgan fingerprint density at radius 1 is 1.12 bits per heavy atom. The van der Waals surface area contributed by atoms with E-state index in [1.807, 2.05) is 42.0 Å². The van der Waals surface area contributed by atoms with Gasteiger partial charge in [-0.05, 0) is 55.7 Å². The van der Waals surface area contributed by atoms with Crippen molar-refractivity contribution in [3.63, 3.8) is 0 Å². The van der Waals surface area contributed by atoms with Crippen molar-refractivity contribution in [2.75, 3.05) is 20.2 Å². The smallest absolute Gasteiger partial charge is 0.255 e. The first-order valence-electron chi connectivity index (χ1n) is 10.5. The highest BCUT2D eigenvalue weighted by molar-refractivity contribution is 7.89. The van der Waals surface area contributed by atoms with Crippen LogP contribution < -0.4 is 10.1 Å². The number of methoxy groups -OCH3 is 1. The van der Waals surface area contributed by atoms with Crippen molar-refractivity contribution < 1.29 is 17.9 Å². The number of hydrogen-bond acceptors (Lipinski definition) is 5. The van der Waals surface area contributed by atoms with E-state index in [1.165, 1.54) is 29.6 Å². The predicted octanol–water partition coefficient (Wildman–Crippen LogP) is 2.90. The SMILES string of the molecule is COc1ccc(S(=O)(=O)N2CCCC2)cc1C(=O)NCc1ccc(-n2ccnc2C)cc1. The number of amides is 1. The molecule has 1 N–H and O–H groups in total. The number of benzene rings is 2. The highest BCUT2D eigenvalue weighted by Gasteiger charge is 2.28. The summed E-state index contributed by atoms with van der Waals surface area (Å²) < 4.78 is 34.5. The van der Waals surface area contributed by atoms with Gasteiger partial charge in [-0.25, -0.2) is 13.4 Å². The van der Waals surface area contributed by atoms with Crippen LogP contribution in [0, 0.1) is 6.92 Å². The van der Waals surface area contributed by atoms with Gasteiger partial charge in [0.1, 0.15) is 11.6 Å². The average Bonchev–Trinajstić information content (AvgIpc) is 3.50. The molecule has 0 saturated carbocycles. The van der Waals surface area contributed by atoms with Crippen LogP contribution in [0.25, 0.3) is 5.69 Å². The molecule has 0 bridgehead atoms. The second-order valence-corrected chi connectivity index (χ2v) is 9.60. The number of aryl methyl sites for hydroxylation is 1. The van der Waals surface area contributed by atoms with E-state index in [-0.39, 0.29) is 10.5 Å². The molecule has 2 aromatic carbocycles. The molecule has 0 unspecified atom stereocenters. The summed E-state index contributed by atoms with van der Waals surface area (Å²) in [5.41, 5.74) is 2.09. The second-order valence-electron chi connectivity index (χ2n) is 7.67. The molecule has 4 rings (SSSR count). The first kappa shape index (κ1) is 22.0. The van der Waals surface area contributed by atoms with Gasteiger partial charge in [0.2, 0.25) is 10.0 Å². The fourth-order valence-electron chi connectivity index (χ4n) is 3.81. The van der Waals surface area contributed by atoms with Crippen LogP contribution in [0.5, 0.6) is 5.75 Å². The van der Waals surface area contributed by atoms with E-state index < -0.39 is 15.9 Å². The second kappa shape index (κ2) is 9.13. The Kier molecular flexibility index (Phi) is 6.29. The molecule has 168 valence electrons. The topological polar surface area (TPSA) is 93.5 Å². The predicted molar refractivity (Wildman–Crippen MR) is 120 cm³/mol. The summed E-state index contributed by atoms with van der Waals surface area (Å²) in [6.07, 6.45) is 5.33. The lowest BCUT2D eigenvalue weighted by Crippen LogP contribution is -2.28. The third kappa shape index (κ3) is 4.39. The number of ether oxygens (including phenoxy) is 1. The third-order valence-electron chi connectivity index (χ3n) is 5.61. The fourth-order valence-corrected chi connectivity index (χ4v) is 5.35. The van der Waals surface area contributed by atoms with Gasteiger partial charge in [0.25, 0.3) is 5.91 Å². The van der Waals surface area contributed by atoms with Crippen LogP contribution in [0.3, 0.4) is 0 Å². The molecule has 1 amide bonds. The van der Waals surface area contributed by atoms with Crippen LogP contribution in [0.4, 0.5) is 0 Å². The molecule has 9 heteroatoms. The first-order valence-corrected chi connectivity index (χ1v) is 11.9. The quantitative estimate of drug-likeness (QED) is 0.593. The molecule has 8 nitrogen and oxygen atoms in total. The molecule has 1 fully saturated rings. The summed E-state index contributed by atoms with van der Waals surface area (Å²) in [6, 6.07) is 12.2. The number of nitrogens with one attached hydrogen (secondary N) is 1. The standard InChI is InChI=1S/C23H26N4O4S/c1-17-24-11-14-27(17)19-7-5-18(6-8-19)16-25-23(28)21-15-20(9-10-22(21)31-2)32(29,30)26-12-3-4-13-26/h5-11,14-15H,3-4,12-13,16H2,1-2H3,(H,25,28). The van der Waals surface area contributed by atoms with Crippen molar-refractivity contribution in [1.29, 1.82) is 0 Å². The maximum Gasteiger partial charge on any atom is 0.255 e. The van der Waals surface area contributed by atoms with Gasteiger partial charge in [0.05, 0.1) is 17.6 Å². The van der Waals surface area contributed by atoms with Crippen molar-refractivity contribution in [3.05, 3.63) is 71.8 Å².